The highest BCUT2D eigenvalue weighted by Crippen LogP contribution is 2.34. The summed E-state index contributed by atoms with van der Waals surface area (Å²) in [5, 5.41) is 14.2. The molecule has 1 aliphatic heterocycles. The average molecular weight is 429 g/mol. The van der Waals surface area contributed by atoms with Gasteiger partial charge in [-0.2, -0.15) is 0 Å². The summed E-state index contributed by atoms with van der Waals surface area (Å²) >= 11 is 7.21. The molecule has 2 aromatic carbocycles. The molecular weight excluding hydrogens is 408 g/mol. The fourth-order valence-corrected chi connectivity index (χ4v) is 5.16. The lowest BCUT2D eigenvalue weighted by Gasteiger charge is -2.24. The zero-order valence-electron chi connectivity index (χ0n) is 15.7. The van der Waals surface area contributed by atoms with Crippen LogP contribution in [0.3, 0.4) is 0 Å². The minimum Gasteiger partial charge on any atom is -0.477 e. The van der Waals surface area contributed by atoms with E-state index >= 15 is 0 Å². The molecule has 3 aromatic rings. The van der Waals surface area contributed by atoms with Gasteiger partial charge in [0.25, 0.3) is 0 Å². The normalized spacial score (nSPS) is 16.9. The van der Waals surface area contributed by atoms with Gasteiger partial charge in [0.1, 0.15) is 4.88 Å². The lowest BCUT2D eigenvalue weighted by atomic mass is 10.0. The van der Waals surface area contributed by atoms with E-state index in [1.54, 1.807) is 24.3 Å². The number of carboxylic acids is 1. The van der Waals surface area contributed by atoms with Crippen LogP contribution >= 0.6 is 22.9 Å². The van der Waals surface area contributed by atoms with Gasteiger partial charge in [-0.1, -0.05) is 29.8 Å². The Hall–Kier alpha value is -2.41. The first-order valence-corrected chi connectivity index (χ1v) is 10.7. The number of halogens is 1. The second-order valence-corrected chi connectivity index (χ2v) is 8.73. The van der Waals surface area contributed by atoms with Crippen LogP contribution in [0.15, 0.2) is 48.5 Å². The van der Waals surface area contributed by atoms with Crippen molar-refractivity contribution in [3.05, 3.63) is 64.0 Å². The summed E-state index contributed by atoms with van der Waals surface area (Å²) in [5.74, 6) is -0.959. The molecule has 150 valence electrons. The summed E-state index contributed by atoms with van der Waals surface area (Å²) in [4.78, 5) is 26.8. The maximum absolute atomic E-state index is 12.5. The standard InChI is InChI=1S/C22H21ClN2O3S/c23-14-7-9-15(10-8-14)24-20(26)13-25-11-3-4-16(25)12-18-17-5-1-2-6-19(17)29-21(18)22(27)28/h1-2,5-10,16H,3-4,11-13H2,(H,24,26)(H,27,28)/t16-/m1/s1. The number of likely N-dealkylation sites (tertiary alicyclic amines) is 1. The van der Waals surface area contributed by atoms with Crippen LogP contribution in [0.2, 0.25) is 5.02 Å². The first-order valence-electron chi connectivity index (χ1n) is 9.54. The Kier molecular flexibility index (Phi) is 5.85. The molecule has 0 radical (unpaired) electrons. The molecule has 1 fully saturated rings. The van der Waals surface area contributed by atoms with Crippen LogP contribution in [0.4, 0.5) is 5.69 Å². The predicted molar refractivity (Wildman–Crippen MR) is 117 cm³/mol. The van der Waals surface area contributed by atoms with E-state index in [4.69, 9.17) is 11.6 Å². The Bertz CT molecular complexity index is 1050. The number of nitrogens with zero attached hydrogens (tertiary/aromatic N) is 1. The van der Waals surface area contributed by atoms with E-state index in [9.17, 15) is 14.7 Å². The highest BCUT2D eigenvalue weighted by Gasteiger charge is 2.29. The van der Waals surface area contributed by atoms with E-state index in [1.165, 1.54) is 11.3 Å². The highest BCUT2D eigenvalue weighted by atomic mass is 35.5. The molecule has 1 amide bonds. The van der Waals surface area contributed by atoms with Crippen molar-refractivity contribution in [3.63, 3.8) is 0 Å². The van der Waals surface area contributed by atoms with Crippen LogP contribution in [0.25, 0.3) is 10.1 Å². The minimum absolute atomic E-state index is 0.0761. The number of thiophene rings is 1. The fourth-order valence-electron chi connectivity index (χ4n) is 3.96. The number of carboxylic acid groups (broad SMARTS) is 1. The first-order chi connectivity index (χ1) is 14.0. The average Bonchev–Trinajstić information content (AvgIpc) is 3.29. The molecule has 0 bridgehead atoms. The van der Waals surface area contributed by atoms with Crippen LogP contribution in [0.5, 0.6) is 0 Å². The maximum Gasteiger partial charge on any atom is 0.346 e. The second-order valence-electron chi connectivity index (χ2n) is 7.24. The van der Waals surface area contributed by atoms with Crippen molar-refractivity contribution in [3.8, 4) is 0 Å². The van der Waals surface area contributed by atoms with E-state index in [0.29, 0.717) is 22.0 Å². The van der Waals surface area contributed by atoms with E-state index in [0.717, 1.165) is 35.0 Å². The maximum atomic E-state index is 12.5. The molecule has 29 heavy (non-hydrogen) atoms. The zero-order valence-corrected chi connectivity index (χ0v) is 17.3. The number of carbonyl (C=O) groups excluding carboxylic acids is 1. The third-order valence-electron chi connectivity index (χ3n) is 5.31. The van der Waals surface area contributed by atoms with Gasteiger partial charge in [0.2, 0.25) is 5.91 Å². The summed E-state index contributed by atoms with van der Waals surface area (Å²) < 4.78 is 0.991. The lowest BCUT2D eigenvalue weighted by Crippen LogP contribution is -2.38. The van der Waals surface area contributed by atoms with Crippen LogP contribution in [0.1, 0.15) is 28.1 Å². The first kappa shape index (κ1) is 19.9. The molecule has 5 nitrogen and oxygen atoms in total. The van der Waals surface area contributed by atoms with Crippen molar-refractivity contribution >= 4 is 50.6 Å². The second kappa shape index (κ2) is 8.53. The van der Waals surface area contributed by atoms with Gasteiger partial charge in [-0.05, 0) is 67.1 Å². The number of amides is 1. The zero-order chi connectivity index (χ0) is 20.4. The molecular formula is C22H21ClN2O3S. The van der Waals surface area contributed by atoms with Crippen LogP contribution in [-0.2, 0) is 11.2 Å². The van der Waals surface area contributed by atoms with E-state index in [2.05, 4.69) is 10.2 Å². The van der Waals surface area contributed by atoms with Crippen molar-refractivity contribution < 1.29 is 14.7 Å². The Morgan fingerprint density at radius 3 is 2.69 bits per heavy atom. The molecule has 2 N–H and O–H groups in total. The number of nitrogens with one attached hydrogen (secondary N) is 1. The van der Waals surface area contributed by atoms with Crippen molar-refractivity contribution in [2.45, 2.75) is 25.3 Å². The molecule has 1 aromatic heterocycles. The molecule has 1 saturated heterocycles. The molecule has 0 spiro atoms. The SMILES string of the molecule is O=C(CN1CCC[C@@H]1Cc1c(C(=O)O)sc2ccccc12)Nc1ccc(Cl)cc1. The van der Waals surface area contributed by atoms with E-state index in [1.807, 2.05) is 24.3 Å². The van der Waals surface area contributed by atoms with Gasteiger partial charge in [0, 0.05) is 21.5 Å². The number of hydrogen-bond donors (Lipinski definition) is 2. The van der Waals surface area contributed by atoms with Gasteiger partial charge >= 0.3 is 5.97 Å². The molecule has 2 heterocycles. The van der Waals surface area contributed by atoms with Crippen molar-refractivity contribution in [2.75, 3.05) is 18.4 Å². The summed E-state index contributed by atoms with van der Waals surface area (Å²) in [5.41, 5.74) is 1.60. The number of rotatable bonds is 6. The van der Waals surface area contributed by atoms with Gasteiger partial charge in [-0.3, -0.25) is 9.69 Å². The molecule has 1 atom stereocenters. The van der Waals surface area contributed by atoms with Crippen molar-refractivity contribution in [1.82, 2.24) is 4.90 Å². The number of fused-ring (bicyclic) bond motifs is 1. The van der Waals surface area contributed by atoms with Gasteiger partial charge in [0.05, 0.1) is 6.54 Å². The molecule has 4 rings (SSSR count). The number of carbonyl (C=O) groups is 2. The molecule has 0 aliphatic carbocycles. The summed E-state index contributed by atoms with van der Waals surface area (Å²) in [6.45, 7) is 1.13. The number of hydrogen-bond acceptors (Lipinski definition) is 4. The number of benzene rings is 2. The van der Waals surface area contributed by atoms with Crippen molar-refractivity contribution in [1.29, 1.82) is 0 Å². The van der Waals surface area contributed by atoms with Gasteiger partial charge in [-0.25, -0.2) is 4.79 Å². The number of anilines is 1. The predicted octanol–water partition coefficient (Wildman–Crippen LogP) is 4.90. The molecule has 0 unspecified atom stereocenters. The summed E-state index contributed by atoms with van der Waals surface area (Å²) in [6, 6.07) is 15.0. The molecule has 7 heteroatoms. The Morgan fingerprint density at radius 1 is 1.17 bits per heavy atom. The number of aromatic carboxylic acids is 1. The Morgan fingerprint density at radius 2 is 1.93 bits per heavy atom. The topological polar surface area (TPSA) is 69.6 Å². The summed E-state index contributed by atoms with van der Waals surface area (Å²) in [7, 11) is 0. The Labute approximate surface area is 177 Å². The quantitative estimate of drug-likeness (QED) is 0.586. The lowest BCUT2D eigenvalue weighted by molar-refractivity contribution is -0.117. The monoisotopic (exact) mass is 428 g/mol. The third-order valence-corrected chi connectivity index (χ3v) is 6.76. The van der Waals surface area contributed by atoms with E-state index in [-0.39, 0.29) is 18.5 Å². The van der Waals surface area contributed by atoms with Crippen LogP contribution in [-0.4, -0.2) is 41.0 Å². The molecule has 0 saturated carbocycles. The fraction of sp³-hybridized carbons (Fsp3) is 0.273. The molecule has 1 aliphatic rings. The van der Waals surface area contributed by atoms with Gasteiger partial charge in [0.15, 0.2) is 0 Å². The van der Waals surface area contributed by atoms with Gasteiger partial charge in [-0.15, -0.1) is 11.3 Å². The summed E-state index contributed by atoms with van der Waals surface area (Å²) in [6.07, 6.45) is 2.60. The highest BCUT2D eigenvalue weighted by molar-refractivity contribution is 7.21. The largest absolute Gasteiger partial charge is 0.477 e. The smallest absolute Gasteiger partial charge is 0.346 e. The minimum atomic E-state index is -0.883. The third kappa shape index (κ3) is 4.45. The van der Waals surface area contributed by atoms with Crippen LogP contribution in [0, 0.1) is 0 Å². The Balaban J connectivity index is 1.48. The van der Waals surface area contributed by atoms with Crippen LogP contribution < -0.4 is 5.32 Å². The van der Waals surface area contributed by atoms with Gasteiger partial charge < -0.3 is 10.4 Å². The van der Waals surface area contributed by atoms with E-state index < -0.39 is 5.97 Å². The van der Waals surface area contributed by atoms with Crippen molar-refractivity contribution in [2.24, 2.45) is 0 Å².